The Bertz CT molecular complexity index is 260. The van der Waals surface area contributed by atoms with E-state index in [4.69, 9.17) is 10.6 Å². The van der Waals surface area contributed by atoms with Crippen molar-refractivity contribution in [2.45, 2.75) is 39.3 Å². The molecule has 17 heavy (non-hydrogen) atoms. The number of methoxy groups -OCH3 is 1. The van der Waals surface area contributed by atoms with Gasteiger partial charge in [-0.2, -0.15) is 0 Å². The average Bonchev–Trinajstić information content (AvgIpc) is 2.30. The molecule has 1 saturated heterocycles. The van der Waals surface area contributed by atoms with Crippen molar-refractivity contribution in [3.05, 3.63) is 0 Å². The highest BCUT2D eigenvalue weighted by Gasteiger charge is 2.36. The fraction of sp³-hybridized carbons (Fsp3) is 0.917. The first kappa shape index (κ1) is 14.4. The molecule has 4 atom stereocenters. The molecule has 5 heteroatoms. The lowest BCUT2D eigenvalue weighted by Crippen LogP contribution is -2.58. The van der Waals surface area contributed by atoms with Crippen molar-refractivity contribution >= 4 is 5.91 Å². The maximum absolute atomic E-state index is 11.8. The SMILES string of the molecule is COCC(C(=O)NN)N1CC(C)CC(C)C1C. The van der Waals surface area contributed by atoms with Gasteiger partial charge in [-0.3, -0.25) is 15.1 Å². The smallest absolute Gasteiger partial charge is 0.253 e. The number of hydrogen-bond donors (Lipinski definition) is 2. The number of piperidine rings is 1. The Morgan fingerprint density at radius 3 is 2.71 bits per heavy atom. The highest BCUT2D eigenvalue weighted by Crippen LogP contribution is 2.28. The average molecular weight is 243 g/mol. The van der Waals surface area contributed by atoms with Crippen molar-refractivity contribution in [1.82, 2.24) is 10.3 Å². The lowest BCUT2D eigenvalue weighted by Gasteiger charge is -2.44. The zero-order valence-corrected chi connectivity index (χ0v) is 11.3. The van der Waals surface area contributed by atoms with Gasteiger partial charge in [0.25, 0.3) is 5.91 Å². The zero-order valence-electron chi connectivity index (χ0n) is 11.3. The fourth-order valence-corrected chi connectivity index (χ4v) is 2.75. The van der Waals surface area contributed by atoms with Crippen LogP contribution in [-0.4, -0.2) is 43.2 Å². The third-order valence-corrected chi connectivity index (χ3v) is 3.81. The Morgan fingerprint density at radius 1 is 1.53 bits per heavy atom. The molecule has 1 amide bonds. The Balaban J connectivity index is 2.80. The summed E-state index contributed by atoms with van der Waals surface area (Å²) in [5, 5.41) is 0. The molecule has 0 saturated carbocycles. The number of carbonyl (C=O) groups excluding carboxylic acids is 1. The minimum Gasteiger partial charge on any atom is -0.383 e. The Morgan fingerprint density at radius 2 is 2.18 bits per heavy atom. The second-order valence-electron chi connectivity index (χ2n) is 5.24. The summed E-state index contributed by atoms with van der Waals surface area (Å²) in [4.78, 5) is 14.0. The van der Waals surface area contributed by atoms with Crippen LogP contribution in [0.4, 0.5) is 0 Å². The summed E-state index contributed by atoms with van der Waals surface area (Å²) < 4.78 is 5.14. The van der Waals surface area contributed by atoms with Crippen LogP contribution in [0.15, 0.2) is 0 Å². The maximum atomic E-state index is 11.8. The van der Waals surface area contributed by atoms with Gasteiger partial charge in [-0.05, 0) is 25.2 Å². The summed E-state index contributed by atoms with van der Waals surface area (Å²) in [6.07, 6.45) is 1.21. The summed E-state index contributed by atoms with van der Waals surface area (Å²) >= 11 is 0. The van der Waals surface area contributed by atoms with Crippen LogP contribution >= 0.6 is 0 Å². The molecule has 1 rings (SSSR count). The van der Waals surface area contributed by atoms with E-state index in [1.54, 1.807) is 7.11 Å². The molecule has 1 heterocycles. The minimum absolute atomic E-state index is 0.167. The molecule has 5 nitrogen and oxygen atoms in total. The van der Waals surface area contributed by atoms with Gasteiger partial charge < -0.3 is 4.74 Å². The molecule has 0 aromatic rings. The van der Waals surface area contributed by atoms with Gasteiger partial charge in [-0.15, -0.1) is 0 Å². The lowest BCUT2D eigenvalue weighted by atomic mass is 9.85. The number of ether oxygens (including phenoxy) is 1. The van der Waals surface area contributed by atoms with Crippen molar-refractivity contribution in [3.8, 4) is 0 Å². The summed E-state index contributed by atoms with van der Waals surface area (Å²) in [5.41, 5.74) is 2.24. The maximum Gasteiger partial charge on any atom is 0.253 e. The minimum atomic E-state index is -0.287. The number of nitrogens with zero attached hydrogens (tertiary/aromatic N) is 1. The number of hydrogen-bond acceptors (Lipinski definition) is 4. The summed E-state index contributed by atoms with van der Waals surface area (Å²) in [6.45, 7) is 7.93. The van der Waals surface area contributed by atoms with Gasteiger partial charge in [-0.1, -0.05) is 13.8 Å². The van der Waals surface area contributed by atoms with Crippen molar-refractivity contribution in [1.29, 1.82) is 0 Å². The first-order valence-corrected chi connectivity index (χ1v) is 6.26. The van der Waals surface area contributed by atoms with Gasteiger partial charge in [0.15, 0.2) is 0 Å². The van der Waals surface area contributed by atoms with Crippen molar-refractivity contribution in [2.75, 3.05) is 20.3 Å². The highest BCUT2D eigenvalue weighted by molar-refractivity contribution is 5.81. The molecule has 0 aromatic carbocycles. The predicted octanol–water partition coefficient (Wildman–Crippen LogP) is 0.358. The molecular weight excluding hydrogens is 218 g/mol. The van der Waals surface area contributed by atoms with Crippen LogP contribution < -0.4 is 11.3 Å². The molecule has 1 aliphatic heterocycles. The van der Waals surface area contributed by atoms with Crippen LogP contribution in [0.1, 0.15) is 27.2 Å². The van der Waals surface area contributed by atoms with Gasteiger partial charge in [0.05, 0.1) is 6.61 Å². The Hall–Kier alpha value is -0.650. The first-order chi connectivity index (χ1) is 8.01. The molecule has 0 aromatic heterocycles. The van der Waals surface area contributed by atoms with Crippen LogP contribution in [0, 0.1) is 11.8 Å². The predicted molar refractivity (Wildman–Crippen MR) is 67.1 cm³/mol. The van der Waals surface area contributed by atoms with Crippen molar-refractivity contribution in [2.24, 2.45) is 17.7 Å². The van der Waals surface area contributed by atoms with Crippen LogP contribution in [0.2, 0.25) is 0 Å². The van der Waals surface area contributed by atoms with E-state index in [9.17, 15) is 4.79 Å². The second kappa shape index (κ2) is 6.33. The van der Waals surface area contributed by atoms with Crippen LogP contribution in [0.25, 0.3) is 0 Å². The lowest BCUT2D eigenvalue weighted by molar-refractivity contribution is -0.131. The molecule has 0 aliphatic carbocycles. The molecular formula is C12H25N3O2. The van der Waals surface area contributed by atoms with Gasteiger partial charge in [0.2, 0.25) is 0 Å². The molecule has 4 unspecified atom stereocenters. The monoisotopic (exact) mass is 243 g/mol. The van der Waals surface area contributed by atoms with Gasteiger partial charge in [0, 0.05) is 19.7 Å². The molecule has 0 radical (unpaired) electrons. The number of nitrogens with two attached hydrogens (primary N) is 1. The number of rotatable bonds is 4. The van der Waals surface area contributed by atoms with E-state index in [1.165, 1.54) is 6.42 Å². The quantitative estimate of drug-likeness (QED) is 0.425. The molecule has 1 aliphatic rings. The van der Waals surface area contributed by atoms with Gasteiger partial charge in [0.1, 0.15) is 6.04 Å². The van der Waals surface area contributed by atoms with E-state index in [-0.39, 0.29) is 11.9 Å². The summed E-state index contributed by atoms with van der Waals surface area (Å²) in [5.74, 6) is 6.27. The van der Waals surface area contributed by atoms with Crippen molar-refractivity contribution in [3.63, 3.8) is 0 Å². The second-order valence-corrected chi connectivity index (χ2v) is 5.24. The van der Waals surface area contributed by atoms with E-state index < -0.39 is 0 Å². The number of amides is 1. The standard InChI is InChI=1S/C12H25N3O2/c1-8-5-9(2)10(3)15(6-8)11(7-17-4)12(16)14-13/h8-11H,5-7,13H2,1-4H3,(H,14,16). The molecule has 100 valence electrons. The molecule has 3 N–H and O–H groups in total. The van der Waals surface area contributed by atoms with E-state index in [0.717, 1.165) is 6.54 Å². The van der Waals surface area contributed by atoms with Crippen LogP contribution in [0.5, 0.6) is 0 Å². The first-order valence-electron chi connectivity index (χ1n) is 6.26. The number of carbonyl (C=O) groups is 1. The number of nitrogens with one attached hydrogen (secondary N) is 1. The van der Waals surface area contributed by atoms with Crippen molar-refractivity contribution < 1.29 is 9.53 Å². The highest BCUT2D eigenvalue weighted by atomic mass is 16.5. The van der Waals surface area contributed by atoms with E-state index in [2.05, 4.69) is 31.1 Å². The Labute approximate surface area is 104 Å². The third kappa shape index (κ3) is 3.40. The Kier molecular flexibility index (Phi) is 5.36. The largest absolute Gasteiger partial charge is 0.383 e. The van der Waals surface area contributed by atoms with E-state index in [0.29, 0.717) is 24.5 Å². The van der Waals surface area contributed by atoms with Gasteiger partial charge in [-0.25, -0.2) is 5.84 Å². The fourth-order valence-electron chi connectivity index (χ4n) is 2.75. The molecule has 0 spiro atoms. The van der Waals surface area contributed by atoms with Gasteiger partial charge >= 0.3 is 0 Å². The molecule has 1 fully saturated rings. The van der Waals surface area contributed by atoms with Crippen LogP contribution in [0.3, 0.4) is 0 Å². The number of hydrazine groups is 1. The van der Waals surface area contributed by atoms with E-state index >= 15 is 0 Å². The summed E-state index contributed by atoms with van der Waals surface area (Å²) in [6, 6.07) is 0.0915. The summed E-state index contributed by atoms with van der Waals surface area (Å²) in [7, 11) is 1.61. The van der Waals surface area contributed by atoms with Crippen LogP contribution in [-0.2, 0) is 9.53 Å². The topological polar surface area (TPSA) is 67.6 Å². The zero-order chi connectivity index (χ0) is 13.0. The molecule has 0 bridgehead atoms. The normalized spacial score (nSPS) is 32.2. The third-order valence-electron chi connectivity index (χ3n) is 3.81. The van der Waals surface area contributed by atoms with E-state index in [1.807, 2.05) is 0 Å². The number of likely N-dealkylation sites (tertiary alicyclic amines) is 1.